The summed E-state index contributed by atoms with van der Waals surface area (Å²) in [5.74, 6) is 0.661. The average Bonchev–Trinajstić information content (AvgIpc) is 3.13. The monoisotopic (exact) mass is 409 g/mol. The molecule has 1 saturated heterocycles. The Hall–Kier alpha value is -1.94. The van der Waals surface area contributed by atoms with Crippen LogP contribution in [0, 0.1) is 6.92 Å². The van der Waals surface area contributed by atoms with Gasteiger partial charge < -0.3 is 9.09 Å². The van der Waals surface area contributed by atoms with Crippen molar-refractivity contribution < 1.29 is 12.9 Å². The lowest BCUT2D eigenvalue weighted by Crippen LogP contribution is -2.59. The van der Waals surface area contributed by atoms with E-state index in [1.807, 2.05) is 6.07 Å². The lowest BCUT2D eigenvalue weighted by molar-refractivity contribution is 0.0809. The molecule has 144 valence electrons. The van der Waals surface area contributed by atoms with Gasteiger partial charge in [-0.15, -0.1) is 0 Å². The highest BCUT2D eigenvalue weighted by Crippen LogP contribution is 2.27. The summed E-state index contributed by atoms with van der Waals surface area (Å²) in [4.78, 5) is 6.27. The van der Waals surface area contributed by atoms with Crippen LogP contribution in [0.1, 0.15) is 11.5 Å². The minimum absolute atomic E-state index is 0.0839. The van der Waals surface area contributed by atoms with Crippen molar-refractivity contribution in [2.45, 2.75) is 24.5 Å². The van der Waals surface area contributed by atoms with E-state index in [1.54, 1.807) is 43.9 Å². The molecule has 0 N–H and O–H groups in total. The summed E-state index contributed by atoms with van der Waals surface area (Å²) in [5.41, 5.74) is 1.49. The van der Waals surface area contributed by atoms with Crippen LogP contribution in [0.5, 0.6) is 0 Å². The van der Waals surface area contributed by atoms with Gasteiger partial charge in [0.2, 0.25) is 0 Å². The van der Waals surface area contributed by atoms with Gasteiger partial charge in [0.1, 0.15) is 11.5 Å². The van der Waals surface area contributed by atoms with Crippen LogP contribution in [0.2, 0.25) is 5.02 Å². The Kier molecular flexibility index (Phi) is 4.50. The zero-order valence-corrected chi connectivity index (χ0v) is 16.8. The number of fused-ring (bicyclic) bond motifs is 1. The molecule has 0 bridgehead atoms. The summed E-state index contributed by atoms with van der Waals surface area (Å²) < 4.78 is 33.9. The summed E-state index contributed by atoms with van der Waals surface area (Å²) in [6, 6.07) is 5.29. The zero-order valence-electron chi connectivity index (χ0n) is 15.3. The van der Waals surface area contributed by atoms with Gasteiger partial charge in [-0.3, -0.25) is 4.90 Å². The van der Waals surface area contributed by atoms with Crippen molar-refractivity contribution in [1.82, 2.24) is 23.9 Å². The molecule has 0 saturated carbocycles. The van der Waals surface area contributed by atoms with Crippen molar-refractivity contribution >= 4 is 32.6 Å². The van der Waals surface area contributed by atoms with Crippen molar-refractivity contribution in [3.8, 4) is 0 Å². The van der Waals surface area contributed by atoms with Crippen LogP contribution in [0.25, 0.3) is 11.0 Å². The van der Waals surface area contributed by atoms with Crippen LogP contribution in [-0.4, -0.2) is 58.5 Å². The second kappa shape index (κ2) is 6.59. The van der Waals surface area contributed by atoms with Crippen molar-refractivity contribution in [2.24, 2.45) is 7.05 Å². The number of nitrogens with zero attached hydrogens (tertiary/aromatic N) is 5. The molecule has 27 heavy (non-hydrogen) atoms. The number of rotatable bonds is 5. The van der Waals surface area contributed by atoms with Crippen molar-refractivity contribution in [1.29, 1.82) is 0 Å². The summed E-state index contributed by atoms with van der Waals surface area (Å²) in [6.07, 6.45) is 1.54. The average molecular weight is 410 g/mol. The Balaban J connectivity index is 1.43. The minimum atomic E-state index is -3.60. The normalized spacial score (nSPS) is 16.3. The first-order valence-corrected chi connectivity index (χ1v) is 10.3. The molecule has 1 aliphatic heterocycles. The first kappa shape index (κ1) is 18.4. The Bertz CT molecular complexity index is 1080. The number of imidazole rings is 1. The fourth-order valence-electron chi connectivity index (χ4n) is 3.18. The lowest BCUT2D eigenvalue weighted by atomic mass is 10.1. The predicted molar refractivity (Wildman–Crippen MR) is 101 cm³/mol. The van der Waals surface area contributed by atoms with Gasteiger partial charge in [0.15, 0.2) is 10.6 Å². The fourth-order valence-corrected chi connectivity index (χ4v) is 4.71. The predicted octanol–water partition coefficient (Wildman–Crippen LogP) is 2.03. The molecule has 10 heteroatoms. The van der Waals surface area contributed by atoms with E-state index >= 15 is 0 Å². The van der Waals surface area contributed by atoms with Crippen molar-refractivity contribution in [3.05, 3.63) is 40.9 Å². The molecular formula is C17H20ClN5O3S. The van der Waals surface area contributed by atoms with Crippen LogP contribution in [0.15, 0.2) is 33.9 Å². The molecule has 3 heterocycles. The number of halogens is 1. The number of aromatic nitrogens is 3. The molecule has 2 aromatic heterocycles. The SMILES string of the molecule is Cc1nc(S(=O)(=O)N(C)C2CN(Cc3noc4ccc(Cl)cc34)C2)cn1C. The van der Waals surface area contributed by atoms with Gasteiger partial charge in [-0.25, -0.2) is 13.4 Å². The van der Waals surface area contributed by atoms with Crippen LogP contribution < -0.4 is 0 Å². The van der Waals surface area contributed by atoms with Crippen LogP contribution in [-0.2, 0) is 23.6 Å². The van der Waals surface area contributed by atoms with E-state index in [-0.39, 0.29) is 11.1 Å². The lowest BCUT2D eigenvalue weighted by Gasteiger charge is -2.42. The molecule has 0 spiro atoms. The highest BCUT2D eigenvalue weighted by molar-refractivity contribution is 7.89. The van der Waals surface area contributed by atoms with Crippen molar-refractivity contribution in [2.75, 3.05) is 20.1 Å². The maximum absolute atomic E-state index is 12.8. The van der Waals surface area contributed by atoms with E-state index in [0.29, 0.717) is 36.1 Å². The van der Waals surface area contributed by atoms with Crippen LogP contribution in [0.4, 0.5) is 0 Å². The van der Waals surface area contributed by atoms with Gasteiger partial charge in [-0.05, 0) is 25.1 Å². The smallest absolute Gasteiger partial charge is 0.262 e. The highest BCUT2D eigenvalue weighted by atomic mass is 35.5. The van der Waals surface area contributed by atoms with E-state index in [4.69, 9.17) is 16.1 Å². The summed E-state index contributed by atoms with van der Waals surface area (Å²) in [6.45, 7) is 3.60. The van der Waals surface area contributed by atoms with Gasteiger partial charge in [-0.1, -0.05) is 16.8 Å². The number of hydrogen-bond acceptors (Lipinski definition) is 6. The number of aryl methyl sites for hydroxylation is 2. The zero-order chi connectivity index (χ0) is 19.3. The van der Waals surface area contributed by atoms with Gasteiger partial charge in [0.05, 0.1) is 6.04 Å². The molecule has 0 aliphatic carbocycles. The van der Waals surface area contributed by atoms with E-state index in [2.05, 4.69) is 15.0 Å². The third-order valence-corrected chi connectivity index (χ3v) is 7.08. The standard InChI is InChI=1S/C17H20ClN5O3S/c1-11-19-17(10-21(11)2)27(24,25)22(3)13-7-23(8-13)9-15-14-6-12(18)4-5-16(14)26-20-15/h4-6,10,13H,7-9H2,1-3H3. The Morgan fingerprint density at radius 1 is 1.37 bits per heavy atom. The third-order valence-electron chi connectivity index (χ3n) is 5.06. The van der Waals surface area contributed by atoms with E-state index in [9.17, 15) is 8.42 Å². The molecule has 0 atom stereocenters. The molecular weight excluding hydrogens is 390 g/mol. The van der Waals surface area contributed by atoms with Crippen LogP contribution in [0.3, 0.4) is 0 Å². The number of sulfonamides is 1. The molecule has 3 aromatic rings. The topological polar surface area (TPSA) is 84.5 Å². The van der Waals surface area contributed by atoms with E-state index in [0.717, 1.165) is 11.1 Å². The van der Waals surface area contributed by atoms with Crippen molar-refractivity contribution in [3.63, 3.8) is 0 Å². The third kappa shape index (κ3) is 3.25. The maximum atomic E-state index is 12.8. The minimum Gasteiger partial charge on any atom is -0.356 e. The number of likely N-dealkylation sites (N-methyl/N-ethyl adjacent to an activating group) is 1. The van der Waals surface area contributed by atoms with Gasteiger partial charge in [0, 0.05) is 50.3 Å². The molecule has 4 rings (SSSR count). The Morgan fingerprint density at radius 3 is 2.78 bits per heavy atom. The summed E-state index contributed by atoms with van der Waals surface area (Å²) in [5, 5.41) is 5.72. The molecule has 0 unspecified atom stereocenters. The number of benzene rings is 1. The van der Waals surface area contributed by atoms with E-state index in [1.165, 1.54) is 4.31 Å². The van der Waals surface area contributed by atoms with Gasteiger partial charge >= 0.3 is 0 Å². The highest BCUT2D eigenvalue weighted by Gasteiger charge is 2.38. The quantitative estimate of drug-likeness (QED) is 0.641. The molecule has 8 nitrogen and oxygen atoms in total. The van der Waals surface area contributed by atoms with Crippen LogP contribution >= 0.6 is 11.6 Å². The number of likely N-dealkylation sites (tertiary alicyclic amines) is 1. The molecule has 1 fully saturated rings. The largest absolute Gasteiger partial charge is 0.356 e. The molecule has 1 aliphatic rings. The Morgan fingerprint density at radius 2 is 2.11 bits per heavy atom. The first-order chi connectivity index (χ1) is 12.8. The summed E-state index contributed by atoms with van der Waals surface area (Å²) >= 11 is 6.05. The second-order valence-corrected chi connectivity index (χ2v) is 9.26. The fraction of sp³-hybridized carbons (Fsp3) is 0.412. The number of hydrogen-bond donors (Lipinski definition) is 0. The summed E-state index contributed by atoms with van der Waals surface area (Å²) in [7, 11) is -0.221. The first-order valence-electron chi connectivity index (χ1n) is 8.50. The van der Waals surface area contributed by atoms with Gasteiger partial charge in [-0.2, -0.15) is 4.31 Å². The van der Waals surface area contributed by atoms with E-state index < -0.39 is 10.0 Å². The second-order valence-electron chi connectivity index (χ2n) is 6.88. The molecule has 1 aromatic carbocycles. The maximum Gasteiger partial charge on any atom is 0.262 e. The molecule has 0 radical (unpaired) electrons. The Labute approximate surface area is 162 Å². The van der Waals surface area contributed by atoms with Gasteiger partial charge in [0.25, 0.3) is 10.0 Å². The molecule has 0 amide bonds.